The second-order valence-corrected chi connectivity index (χ2v) is 5.69. The third kappa shape index (κ3) is 2.75. The van der Waals surface area contributed by atoms with E-state index in [1.807, 2.05) is 17.9 Å². The molecule has 20 heavy (non-hydrogen) atoms. The molecule has 1 heterocycles. The Balaban J connectivity index is 2.38. The highest BCUT2D eigenvalue weighted by atomic mass is 15.4. The average molecular weight is 272 g/mol. The summed E-state index contributed by atoms with van der Waals surface area (Å²) in [5.74, 6) is 0. The lowest BCUT2D eigenvalue weighted by molar-refractivity contribution is 0.344. The summed E-state index contributed by atoms with van der Waals surface area (Å²) >= 11 is 0. The van der Waals surface area contributed by atoms with Gasteiger partial charge in [0, 0.05) is 12.0 Å². The summed E-state index contributed by atoms with van der Waals surface area (Å²) in [6.45, 7) is 7.57. The van der Waals surface area contributed by atoms with Crippen molar-refractivity contribution in [1.29, 1.82) is 0 Å². The molecule has 0 aliphatic heterocycles. The van der Waals surface area contributed by atoms with Crippen LogP contribution in [0, 0.1) is 0 Å². The molecule has 0 aliphatic carbocycles. The summed E-state index contributed by atoms with van der Waals surface area (Å²) in [5.41, 5.74) is 2.41. The second kappa shape index (κ2) is 6.18. The standard InChI is InChI=1S/C16H24N4/c1-5-11-20-14(12-18-19-20)15(17-4)16(2,3)13-9-7-6-8-10-13/h6-10,12,15,17H,5,11H2,1-4H3. The fourth-order valence-electron chi connectivity index (χ4n) is 2.79. The zero-order valence-electron chi connectivity index (χ0n) is 12.8. The summed E-state index contributed by atoms with van der Waals surface area (Å²) in [7, 11) is 2.00. The van der Waals surface area contributed by atoms with Gasteiger partial charge >= 0.3 is 0 Å². The average Bonchev–Trinajstić information content (AvgIpc) is 2.89. The van der Waals surface area contributed by atoms with Gasteiger partial charge in [0.15, 0.2) is 0 Å². The molecule has 1 aromatic heterocycles. The lowest BCUT2D eigenvalue weighted by atomic mass is 9.76. The Labute approximate surface area is 121 Å². The molecule has 0 spiro atoms. The maximum atomic E-state index is 4.21. The number of hydrogen-bond acceptors (Lipinski definition) is 3. The topological polar surface area (TPSA) is 42.7 Å². The van der Waals surface area contributed by atoms with Gasteiger partial charge in [-0.05, 0) is 19.0 Å². The van der Waals surface area contributed by atoms with Gasteiger partial charge in [-0.1, -0.05) is 56.3 Å². The predicted octanol–water partition coefficient (Wildman–Crippen LogP) is 2.93. The Bertz CT molecular complexity index is 530. The predicted molar refractivity (Wildman–Crippen MR) is 81.6 cm³/mol. The van der Waals surface area contributed by atoms with Crippen LogP contribution in [-0.4, -0.2) is 22.0 Å². The van der Waals surface area contributed by atoms with Gasteiger partial charge in [-0.3, -0.25) is 0 Å². The monoisotopic (exact) mass is 272 g/mol. The third-order valence-electron chi connectivity index (χ3n) is 3.91. The van der Waals surface area contributed by atoms with Crippen molar-refractivity contribution in [2.75, 3.05) is 7.05 Å². The molecule has 1 N–H and O–H groups in total. The van der Waals surface area contributed by atoms with Crippen molar-refractivity contribution >= 4 is 0 Å². The number of nitrogens with one attached hydrogen (secondary N) is 1. The molecule has 0 aliphatic rings. The van der Waals surface area contributed by atoms with Crippen molar-refractivity contribution in [3.63, 3.8) is 0 Å². The quantitative estimate of drug-likeness (QED) is 0.879. The van der Waals surface area contributed by atoms with E-state index in [-0.39, 0.29) is 11.5 Å². The fraction of sp³-hybridized carbons (Fsp3) is 0.500. The molecular formula is C16H24N4. The van der Waals surface area contributed by atoms with Gasteiger partial charge in [-0.2, -0.15) is 0 Å². The van der Waals surface area contributed by atoms with Gasteiger partial charge in [-0.15, -0.1) is 5.10 Å². The molecule has 2 rings (SSSR count). The van der Waals surface area contributed by atoms with E-state index in [1.54, 1.807) is 0 Å². The van der Waals surface area contributed by atoms with Crippen LogP contribution in [0.1, 0.15) is 44.5 Å². The zero-order chi connectivity index (χ0) is 14.6. The van der Waals surface area contributed by atoms with Gasteiger partial charge in [0.1, 0.15) is 0 Å². The molecule has 0 bridgehead atoms. The van der Waals surface area contributed by atoms with E-state index in [4.69, 9.17) is 0 Å². The number of likely N-dealkylation sites (N-methyl/N-ethyl adjacent to an activating group) is 1. The minimum absolute atomic E-state index is 0.0385. The van der Waals surface area contributed by atoms with E-state index < -0.39 is 0 Å². The fourth-order valence-corrected chi connectivity index (χ4v) is 2.79. The highest BCUT2D eigenvalue weighted by Gasteiger charge is 2.33. The van der Waals surface area contributed by atoms with Gasteiger partial charge < -0.3 is 5.32 Å². The Hall–Kier alpha value is -1.68. The molecule has 1 aromatic carbocycles. The summed E-state index contributed by atoms with van der Waals surface area (Å²) in [5, 5.41) is 11.7. The molecule has 0 saturated heterocycles. The first-order valence-corrected chi connectivity index (χ1v) is 7.22. The number of benzene rings is 1. The van der Waals surface area contributed by atoms with Gasteiger partial charge in [0.2, 0.25) is 0 Å². The summed E-state index contributed by atoms with van der Waals surface area (Å²) in [4.78, 5) is 0. The second-order valence-electron chi connectivity index (χ2n) is 5.69. The van der Waals surface area contributed by atoms with Crippen LogP contribution < -0.4 is 5.32 Å². The molecule has 0 amide bonds. The number of aryl methyl sites for hydroxylation is 1. The Morgan fingerprint density at radius 2 is 1.95 bits per heavy atom. The van der Waals surface area contributed by atoms with Crippen LogP contribution in [0.5, 0.6) is 0 Å². The zero-order valence-corrected chi connectivity index (χ0v) is 12.8. The van der Waals surface area contributed by atoms with E-state index >= 15 is 0 Å². The summed E-state index contributed by atoms with van der Waals surface area (Å²) < 4.78 is 2.01. The number of rotatable bonds is 6. The Kier molecular flexibility index (Phi) is 4.55. The number of aromatic nitrogens is 3. The van der Waals surface area contributed by atoms with E-state index in [9.17, 15) is 0 Å². The van der Waals surface area contributed by atoms with Crippen molar-refractivity contribution in [1.82, 2.24) is 20.3 Å². The van der Waals surface area contributed by atoms with Crippen LogP contribution in [0.15, 0.2) is 36.5 Å². The maximum Gasteiger partial charge on any atom is 0.0765 e. The SMILES string of the molecule is CCCn1nncc1C(NC)C(C)(C)c1ccccc1. The largest absolute Gasteiger partial charge is 0.311 e. The molecule has 0 radical (unpaired) electrons. The number of hydrogen-bond donors (Lipinski definition) is 1. The molecular weight excluding hydrogens is 248 g/mol. The minimum Gasteiger partial charge on any atom is -0.311 e. The molecule has 0 saturated carbocycles. The van der Waals surface area contributed by atoms with Crippen LogP contribution in [0.25, 0.3) is 0 Å². The highest BCUT2D eigenvalue weighted by Crippen LogP contribution is 2.36. The molecule has 2 aromatic rings. The van der Waals surface area contributed by atoms with Gasteiger partial charge in [0.25, 0.3) is 0 Å². The van der Waals surface area contributed by atoms with Crippen LogP contribution in [-0.2, 0) is 12.0 Å². The molecule has 1 unspecified atom stereocenters. The lowest BCUT2D eigenvalue weighted by Crippen LogP contribution is -2.37. The van der Waals surface area contributed by atoms with Crippen LogP contribution in [0.2, 0.25) is 0 Å². The smallest absolute Gasteiger partial charge is 0.0765 e. The highest BCUT2D eigenvalue weighted by molar-refractivity contribution is 5.28. The van der Waals surface area contributed by atoms with Crippen molar-refractivity contribution in [3.8, 4) is 0 Å². The van der Waals surface area contributed by atoms with E-state index in [0.717, 1.165) is 18.7 Å². The minimum atomic E-state index is -0.0385. The summed E-state index contributed by atoms with van der Waals surface area (Å²) in [6.07, 6.45) is 2.93. The van der Waals surface area contributed by atoms with Crippen LogP contribution in [0.4, 0.5) is 0 Å². The molecule has 4 heteroatoms. The van der Waals surface area contributed by atoms with Crippen LogP contribution in [0.3, 0.4) is 0 Å². The van der Waals surface area contributed by atoms with Gasteiger partial charge in [-0.25, -0.2) is 4.68 Å². The Morgan fingerprint density at radius 1 is 1.25 bits per heavy atom. The number of nitrogens with zero attached hydrogens (tertiary/aromatic N) is 3. The van der Waals surface area contributed by atoms with Crippen molar-refractivity contribution in [2.24, 2.45) is 0 Å². The van der Waals surface area contributed by atoms with Crippen LogP contribution >= 0.6 is 0 Å². The van der Waals surface area contributed by atoms with Crippen molar-refractivity contribution < 1.29 is 0 Å². The first-order valence-electron chi connectivity index (χ1n) is 7.22. The van der Waals surface area contributed by atoms with Crippen molar-refractivity contribution in [3.05, 3.63) is 47.8 Å². The maximum absolute atomic E-state index is 4.21. The van der Waals surface area contributed by atoms with Gasteiger partial charge in [0.05, 0.1) is 17.9 Å². The van der Waals surface area contributed by atoms with E-state index in [2.05, 4.69) is 66.7 Å². The molecule has 108 valence electrons. The van der Waals surface area contributed by atoms with Crippen molar-refractivity contribution in [2.45, 2.75) is 45.2 Å². The van der Waals surface area contributed by atoms with E-state index in [1.165, 1.54) is 5.56 Å². The van der Waals surface area contributed by atoms with E-state index in [0.29, 0.717) is 0 Å². The molecule has 1 atom stereocenters. The first kappa shape index (κ1) is 14.7. The Morgan fingerprint density at radius 3 is 2.55 bits per heavy atom. The first-order chi connectivity index (χ1) is 9.61. The molecule has 0 fully saturated rings. The summed E-state index contributed by atoms with van der Waals surface area (Å²) in [6, 6.07) is 10.8. The third-order valence-corrected chi connectivity index (χ3v) is 3.91. The normalized spacial score (nSPS) is 13.4. The molecule has 4 nitrogen and oxygen atoms in total. The lowest BCUT2D eigenvalue weighted by Gasteiger charge is -2.34.